The maximum Gasteiger partial charge on any atom is 0.114 e. The Morgan fingerprint density at radius 1 is 0.966 bits per heavy atom. The average molecular weight is 395 g/mol. The van der Waals surface area contributed by atoms with Crippen LogP contribution < -0.4 is 0 Å². The Balaban J connectivity index is 1.71. The topological polar surface area (TPSA) is 0 Å². The molecule has 0 radical (unpaired) electrons. The van der Waals surface area contributed by atoms with Gasteiger partial charge in [0.05, 0.1) is 0 Å². The first-order valence-corrected chi connectivity index (χ1v) is 13.9. The largest absolute Gasteiger partial charge is 0.114 e. The smallest absolute Gasteiger partial charge is 0.0839 e. The van der Waals surface area contributed by atoms with E-state index in [2.05, 4.69) is 94.6 Å². The molecule has 0 amide bonds. The zero-order valence-electron chi connectivity index (χ0n) is 18.3. The van der Waals surface area contributed by atoms with Gasteiger partial charge in [-0.3, -0.25) is 0 Å². The van der Waals surface area contributed by atoms with E-state index in [1.54, 1.807) is 27.1 Å². The van der Waals surface area contributed by atoms with Gasteiger partial charge in [0.25, 0.3) is 0 Å². The van der Waals surface area contributed by atoms with Crippen molar-refractivity contribution in [1.82, 2.24) is 0 Å². The van der Waals surface area contributed by atoms with Gasteiger partial charge in [-0.1, -0.05) is 91.9 Å². The summed E-state index contributed by atoms with van der Waals surface area (Å²) in [5.74, 6) is 0.601. The predicted molar refractivity (Wildman–Crippen MR) is 130 cm³/mol. The van der Waals surface area contributed by atoms with Crippen LogP contribution in [0, 0.1) is 5.92 Å². The molecule has 0 nitrogen and oxygen atoms in total. The predicted octanol–water partition coefficient (Wildman–Crippen LogP) is 7.74. The van der Waals surface area contributed by atoms with E-state index in [9.17, 15) is 0 Å². The van der Waals surface area contributed by atoms with Gasteiger partial charge < -0.3 is 0 Å². The Bertz CT molecular complexity index is 1190. The molecule has 0 aliphatic heterocycles. The molecule has 0 bridgehead atoms. The van der Waals surface area contributed by atoms with Crippen molar-refractivity contribution in [2.75, 3.05) is 0 Å². The van der Waals surface area contributed by atoms with Crippen LogP contribution in [0.3, 0.4) is 0 Å². The van der Waals surface area contributed by atoms with Crippen molar-refractivity contribution < 1.29 is 0 Å². The average Bonchev–Trinajstić information content (AvgIpc) is 3.16. The summed E-state index contributed by atoms with van der Waals surface area (Å²) >= 11 is 0. The normalized spacial score (nSPS) is 21.3. The maximum absolute atomic E-state index is 2.58. The Morgan fingerprint density at radius 3 is 2.59 bits per heavy atom. The van der Waals surface area contributed by atoms with Crippen molar-refractivity contribution in [3.63, 3.8) is 0 Å². The fraction of sp³-hybridized carbons (Fsp3) is 0.286. The highest BCUT2D eigenvalue weighted by atomic mass is 28.3. The summed E-state index contributed by atoms with van der Waals surface area (Å²) in [6.45, 7) is 12.3. The van der Waals surface area contributed by atoms with Gasteiger partial charge in [-0.15, -0.1) is 0 Å². The molecule has 0 aromatic heterocycles. The van der Waals surface area contributed by atoms with Gasteiger partial charge in [0.1, 0.15) is 8.07 Å². The van der Waals surface area contributed by atoms with E-state index in [4.69, 9.17) is 0 Å². The highest BCUT2D eigenvalue weighted by molar-refractivity contribution is 7.01. The van der Waals surface area contributed by atoms with Crippen LogP contribution in [-0.4, -0.2) is 8.07 Å². The Kier molecular flexibility index (Phi) is 4.22. The summed E-state index contributed by atoms with van der Waals surface area (Å²) in [6, 6.07) is 13.6. The molecule has 0 N–H and O–H groups in total. The lowest BCUT2D eigenvalue weighted by Crippen LogP contribution is -2.33. The molecule has 2 aromatic rings. The molecule has 0 saturated heterocycles. The molecule has 3 aliphatic carbocycles. The van der Waals surface area contributed by atoms with Crippen LogP contribution in [0.15, 0.2) is 88.2 Å². The second-order valence-electron chi connectivity index (χ2n) is 9.58. The molecule has 0 saturated carbocycles. The van der Waals surface area contributed by atoms with Crippen molar-refractivity contribution in [3.05, 3.63) is 99.3 Å². The van der Waals surface area contributed by atoms with E-state index >= 15 is 0 Å². The van der Waals surface area contributed by atoms with Gasteiger partial charge >= 0.3 is 0 Å². The molecule has 0 heterocycles. The van der Waals surface area contributed by atoms with Gasteiger partial charge in [-0.25, -0.2) is 0 Å². The molecule has 29 heavy (non-hydrogen) atoms. The highest BCUT2D eigenvalue weighted by Gasteiger charge is 2.42. The first-order valence-electron chi connectivity index (χ1n) is 10.9. The van der Waals surface area contributed by atoms with Gasteiger partial charge in [0.15, 0.2) is 0 Å². The highest BCUT2D eigenvalue weighted by Crippen LogP contribution is 2.50. The molecule has 5 rings (SSSR count). The standard InChI is InChI=1S/C28H30Si/c1-18-10-6-8-13-24-25(18)17-20(3)27(24)29(4,5)28-19(2)16-22-15-14-21-11-7-9-12-23(21)26(22)28/h6-9,11-15,17-18H,10,16H2,1-5H3. The molecule has 1 unspecified atom stereocenters. The monoisotopic (exact) mass is 394 g/mol. The van der Waals surface area contributed by atoms with E-state index in [0.717, 1.165) is 12.8 Å². The van der Waals surface area contributed by atoms with Crippen LogP contribution in [-0.2, 0) is 6.42 Å². The third kappa shape index (κ3) is 2.71. The maximum atomic E-state index is 2.58. The number of hydrogen-bond acceptors (Lipinski definition) is 0. The number of rotatable bonds is 2. The second-order valence-corrected chi connectivity index (χ2v) is 13.8. The van der Waals surface area contributed by atoms with Crippen molar-refractivity contribution in [3.8, 4) is 0 Å². The van der Waals surface area contributed by atoms with Crippen molar-refractivity contribution in [1.29, 1.82) is 0 Å². The molecular weight excluding hydrogens is 364 g/mol. The quantitative estimate of drug-likeness (QED) is 0.457. The minimum atomic E-state index is -1.89. The summed E-state index contributed by atoms with van der Waals surface area (Å²) < 4.78 is 0. The van der Waals surface area contributed by atoms with Crippen LogP contribution in [0.25, 0.3) is 16.0 Å². The fourth-order valence-corrected chi connectivity index (χ4v) is 10.3. The van der Waals surface area contributed by atoms with E-state index in [-0.39, 0.29) is 0 Å². The second kappa shape index (κ2) is 6.57. The van der Waals surface area contributed by atoms with E-state index < -0.39 is 8.07 Å². The first-order chi connectivity index (χ1) is 13.9. The van der Waals surface area contributed by atoms with Crippen molar-refractivity contribution >= 4 is 24.0 Å². The van der Waals surface area contributed by atoms with Gasteiger partial charge in [0, 0.05) is 0 Å². The van der Waals surface area contributed by atoms with E-state index in [1.165, 1.54) is 27.5 Å². The number of benzene rings is 2. The molecule has 0 spiro atoms. The summed E-state index contributed by atoms with van der Waals surface area (Å²) in [7, 11) is -1.89. The molecule has 0 fully saturated rings. The lowest BCUT2D eigenvalue weighted by Gasteiger charge is -2.32. The molecule has 2 aromatic carbocycles. The zero-order chi connectivity index (χ0) is 20.3. The Labute approximate surface area is 176 Å². The van der Waals surface area contributed by atoms with Gasteiger partial charge in [-0.2, -0.15) is 0 Å². The number of allylic oxidation sites excluding steroid dienone is 9. The molecular formula is C28H30Si. The molecule has 1 heteroatoms. The molecule has 1 atom stereocenters. The van der Waals surface area contributed by atoms with Crippen LogP contribution in [0.5, 0.6) is 0 Å². The first kappa shape index (κ1) is 18.6. The summed E-state index contributed by atoms with van der Waals surface area (Å²) in [6.07, 6.45) is 11.8. The summed E-state index contributed by atoms with van der Waals surface area (Å²) in [4.78, 5) is 0. The number of fused-ring (bicyclic) bond motifs is 4. The summed E-state index contributed by atoms with van der Waals surface area (Å²) in [5.41, 5.74) is 9.22. The van der Waals surface area contributed by atoms with Crippen LogP contribution in [0.1, 0.15) is 38.3 Å². The SMILES string of the molecule is CC1=C([Si](C)(C)C2=C(C)Cc3ccc4ccccc4c32)C2=CC=CCC(C)C2=C1. The van der Waals surface area contributed by atoms with Crippen molar-refractivity contribution in [2.24, 2.45) is 5.92 Å². The Hall–Kier alpha value is -2.38. The van der Waals surface area contributed by atoms with Crippen molar-refractivity contribution in [2.45, 2.75) is 46.7 Å². The lowest BCUT2D eigenvalue weighted by molar-refractivity contribution is 0.711. The third-order valence-electron chi connectivity index (χ3n) is 7.16. The minimum Gasteiger partial charge on any atom is -0.0839 e. The fourth-order valence-electron chi connectivity index (χ4n) is 6.05. The van der Waals surface area contributed by atoms with Crippen LogP contribution >= 0.6 is 0 Å². The van der Waals surface area contributed by atoms with Gasteiger partial charge in [0.2, 0.25) is 0 Å². The zero-order valence-corrected chi connectivity index (χ0v) is 19.3. The minimum absolute atomic E-state index is 0.601. The lowest BCUT2D eigenvalue weighted by atomic mass is 9.95. The van der Waals surface area contributed by atoms with E-state index in [1.807, 2.05) is 0 Å². The molecule has 3 aliphatic rings. The number of hydrogen-bond donors (Lipinski definition) is 0. The van der Waals surface area contributed by atoms with Crippen LogP contribution in [0.4, 0.5) is 0 Å². The van der Waals surface area contributed by atoms with Gasteiger partial charge in [-0.05, 0) is 76.0 Å². The third-order valence-corrected chi connectivity index (χ3v) is 11.0. The summed E-state index contributed by atoms with van der Waals surface area (Å²) in [5, 5.41) is 6.13. The Morgan fingerprint density at radius 2 is 1.76 bits per heavy atom. The van der Waals surface area contributed by atoms with Crippen LogP contribution in [0.2, 0.25) is 13.1 Å². The molecule has 146 valence electrons. The van der Waals surface area contributed by atoms with E-state index in [0.29, 0.717) is 5.92 Å².